The molecule has 3 heteroatoms. The molecule has 110 valence electrons. The summed E-state index contributed by atoms with van der Waals surface area (Å²) in [6.07, 6.45) is 1.88. The zero-order valence-electron chi connectivity index (χ0n) is 12.2. The lowest BCUT2D eigenvalue weighted by Crippen LogP contribution is -2.01. The SMILES string of the molecule is Cc1ccc(C)c(CC(Br)c2cc(Cl)cc3c2OCC3)c1. The molecule has 0 saturated carbocycles. The van der Waals surface area contributed by atoms with E-state index < -0.39 is 0 Å². The van der Waals surface area contributed by atoms with Gasteiger partial charge in [-0.2, -0.15) is 0 Å². The monoisotopic (exact) mass is 364 g/mol. The minimum atomic E-state index is 0.212. The number of ether oxygens (including phenoxy) is 1. The van der Waals surface area contributed by atoms with Crippen LogP contribution in [-0.4, -0.2) is 6.61 Å². The maximum atomic E-state index is 6.26. The number of hydrogen-bond acceptors (Lipinski definition) is 1. The van der Waals surface area contributed by atoms with E-state index in [0.29, 0.717) is 0 Å². The Morgan fingerprint density at radius 3 is 2.86 bits per heavy atom. The van der Waals surface area contributed by atoms with Gasteiger partial charge in [-0.1, -0.05) is 51.3 Å². The number of rotatable bonds is 3. The minimum absolute atomic E-state index is 0.212. The van der Waals surface area contributed by atoms with Crippen molar-refractivity contribution in [3.05, 3.63) is 63.2 Å². The Morgan fingerprint density at radius 1 is 1.24 bits per heavy atom. The van der Waals surface area contributed by atoms with Crippen LogP contribution in [0.15, 0.2) is 30.3 Å². The van der Waals surface area contributed by atoms with Crippen molar-refractivity contribution in [2.24, 2.45) is 0 Å². The molecule has 1 heterocycles. The van der Waals surface area contributed by atoms with Gasteiger partial charge in [0.15, 0.2) is 0 Å². The highest BCUT2D eigenvalue weighted by molar-refractivity contribution is 9.09. The molecule has 2 aromatic carbocycles. The van der Waals surface area contributed by atoms with Crippen LogP contribution in [0, 0.1) is 13.8 Å². The lowest BCUT2D eigenvalue weighted by Gasteiger charge is -2.16. The smallest absolute Gasteiger partial charge is 0.127 e. The van der Waals surface area contributed by atoms with Crippen molar-refractivity contribution in [1.82, 2.24) is 0 Å². The maximum Gasteiger partial charge on any atom is 0.127 e. The topological polar surface area (TPSA) is 9.23 Å². The number of fused-ring (bicyclic) bond motifs is 1. The summed E-state index contributed by atoms with van der Waals surface area (Å²) in [4.78, 5) is 0.212. The van der Waals surface area contributed by atoms with E-state index in [1.807, 2.05) is 12.1 Å². The van der Waals surface area contributed by atoms with E-state index >= 15 is 0 Å². The van der Waals surface area contributed by atoms with E-state index in [-0.39, 0.29) is 4.83 Å². The quantitative estimate of drug-likeness (QED) is 0.646. The summed E-state index contributed by atoms with van der Waals surface area (Å²) < 4.78 is 5.81. The molecule has 21 heavy (non-hydrogen) atoms. The molecule has 1 nitrogen and oxygen atoms in total. The molecule has 0 N–H and O–H groups in total. The highest BCUT2D eigenvalue weighted by Crippen LogP contribution is 2.41. The molecule has 2 aromatic rings. The van der Waals surface area contributed by atoms with E-state index in [1.54, 1.807) is 0 Å². The van der Waals surface area contributed by atoms with E-state index in [0.717, 1.165) is 35.8 Å². The molecule has 0 amide bonds. The molecule has 0 bridgehead atoms. The van der Waals surface area contributed by atoms with Gasteiger partial charge >= 0.3 is 0 Å². The van der Waals surface area contributed by atoms with E-state index in [2.05, 4.69) is 48.0 Å². The number of hydrogen-bond donors (Lipinski definition) is 0. The fourth-order valence-corrected chi connectivity index (χ4v) is 3.79. The predicted octanol–water partition coefficient (Wildman–Crippen LogP) is 5.57. The van der Waals surface area contributed by atoms with Crippen LogP contribution in [0.5, 0.6) is 5.75 Å². The van der Waals surface area contributed by atoms with Crippen molar-refractivity contribution in [2.75, 3.05) is 6.61 Å². The van der Waals surface area contributed by atoms with E-state index in [4.69, 9.17) is 16.3 Å². The summed E-state index contributed by atoms with van der Waals surface area (Å²) in [6.45, 7) is 5.05. The second-order valence-electron chi connectivity index (χ2n) is 5.68. The number of alkyl halides is 1. The van der Waals surface area contributed by atoms with Crippen molar-refractivity contribution < 1.29 is 4.74 Å². The van der Waals surface area contributed by atoms with Crippen molar-refractivity contribution >= 4 is 27.5 Å². The van der Waals surface area contributed by atoms with Crippen LogP contribution < -0.4 is 4.74 Å². The molecule has 1 unspecified atom stereocenters. The summed E-state index contributed by atoms with van der Waals surface area (Å²) in [6, 6.07) is 10.6. The lowest BCUT2D eigenvalue weighted by atomic mass is 9.97. The average Bonchev–Trinajstić information content (AvgIpc) is 2.89. The molecule has 0 aliphatic carbocycles. The minimum Gasteiger partial charge on any atom is -0.493 e. The van der Waals surface area contributed by atoms with Gasteiger partial charge in [-0.25, -0.2) is 0 Å². The second-order valence-corrected chi connectivity index (χ2v) is 7.23. The molecule has 3 rings (SSSR count). The first-order valence-electron chi connectivity index (χ1n) is 7.20. The van der Waals surface area contributed by atoms with Crippen LogP contribution >= 0.6 is 27.5 Å². The molecule has 0 saturated heterocycles. The van der Waals surface area contributed by atoms with Gasteiger partial charge in [0.1, 0.15) is 5.75 Å². The van der Waals surface area contributed by atoms with Crippen molar-refractivity contribution in [3.63, 3.8) is 0 Å². The van der Waals surface area contributed by atoms with Gasteiger partial charge in [0, 0.05) is 21.8 Å². The number of aryl methyl sites for hydroxylation is 2. The van der Waals surface area contributed by atoms with Crippen molar-refractivity contribution in [1.29, 1.82) is 0 Å². The predicted molar refractivity (Wildman–Crippen MR) is 91.9 cm³/mol. The summed E-state index contributed by atoms with van der Waals surface area (Å²) >= 11 is 10.1. The maximum absolute atomic E-state index is 6.26. The summed E-state index contributed by atoms with van der Waals surface area (Å²) in [5.41, 5.74) is 6.37. The third kappa shape index (κ3) is 3.12. The first-order chi connectivity index (χ1) is 10.0. The molecule has 1 aliphatic heterocycles. The third-order valence-electron chi connectivity index (χ3n) is 4.02. The Kier molecular flexibility index (Phi) is 4.28. The standard InChI is InChI=1S/C18H18BrClO/c1-11-3-4-12(2)14(7-11)9-17(19)16-10-15(20)8-13-5-6-21-18(13)16/h3-4,7-8,10,17H,5-6,9H2,1-2H3. The average molecular weight is 366 g/mol. The highest BCUT2D eigenvalue weighted by atomic mass is 79.9. The molecule has 0 radical (unpaired) electrons. The molecule has 0 spiro atoms. The highest BCUT2D eigenvalue weighted by Gasteiger charge is 2.22. The molecule has 0 fully saturated rings. The Hall–Kier alpha value is -0.990. The van der Waals surface area contributed by atoms with Crippen LogP contribution in [0.3, 0.4) is 0 Å². The van der Waals surface area contributed by atoms with Gasteiger partial charge in [0.05, 0.1) is 6.61 Å². The van der Waals surface area contributed by atoms with Gasteiger partial charge in [0.2, 0.25) is 0 Å². The van der Waals surface area contributed by atoms with Gasteiger partial charge in [-0.15, -0.1) is 0 Å². The lowest BCUT2D eigenvalue weighted by molar-refractivity contribution is 0.353. The second kappa shape index (κ2) is 6.02. The first kappa shape index (κ1) is 14.9. The Bertz CT molecular complexity index is 681. The van der Waals surface area contributed by atoms with E-state index in [1.165, 1.54) is 22.3 Å². The first-order valence-corrected chi connectivity index (χ1v) is 8.49. The van der Waals surface area contributed by atoms with Gasteiger partial charge in [-0.3, -0.25) is 0 Å². The normalized spacial score (nSPS) is 14.7. The third-order valence-corrected chi connectivity index (χ3v) is 5.05. The molecule has 0 aromatic heterocycles. The van der Waals surface area contributed by atoms with Crippen molar-refractivity contribution in [3.8, 4) is 5.75 Å². The van der Waals surface area contributed by atoms with Gasteiger partial charge in [-0.05, 0) is 49.1 Å². The Morgan fingerprint density at radius 2 is 2.05 bits per heavy atom. The Balaban J connectivity index is 1.92. The fourth-order valence-electron chi connectivity index (χ4n) is 2.85. The van der Waals surface area contributed by atoms with Crippen LogP contribution in [0.1, 0.15) is 32.6 Å². The van der Waals surface area contributed by atoms with Crippen LogP contribution in [-0.2, 0) is 12.8 Å². The zero-order chi connectivity index (χ0) is 15.0. The molecular weight excluding hydrogens is 348 g/mol. The van der Waals surface area contributed by atoms with Crippen LogP contribution in [0.4, 0.5) is 0 Å². The summed E-state index contributed by atoms with van der Waals surface area (Å²) in [7, 11) is 0. The number of benzene rings is 2. The van der Waals surface area contributed by atoms with E-state index in [9.17, 15) is 0 Å². The Labute approximate surface area is 139 Å². The summed E-state index contributed by atoms with van der Waals surface area (Å²) in [5, 5.41) is 0.791. The summed E-state index contributed by atoms with van der Waals surface area (Å²) in [5.74, 6) is 1.02. The van der Waals surface area contributed by atoms with Crippen molar-refractivity contribution in [2.45, 2.75) is 31.5 Å². The molecule has 1 atom stereocenters. The van der Waals surface area contributed by atoms with Crippen LogP contribution in [0.2, 0.25) is 5.02 Å². The molecule has 1 aliphatic rings. The van der Waals surface area contributed by atoms with Gasteiger partial charge < -0.3 is 4.74 Å². The van der Waals surface area contributed by atoms with Crippen LogP contribution in [0.25, 0.3) is 0 Å². The van der Waals surface area contributed by atoms with Gasteiger partial charge in [0.25, 0.3) is 0 Å². The number of halogens is 2. The molecular formula is C18H18BrClO. The largest absolute Gasteiger partial charge is 0.493 e. The fraction of sp³-hybridized carbons (Fsp3) is 0.333. The zero-order valence-corrected chi connectivity index (χ0v) is 14.6.